The first-order chi connectivity index (χ1) is 12.9. The van der Waals surface area contributed by atoms with E-state index in [9.17, 15) is 0 Å². The molecule has 0 aliphatic carbocycles. The van der Waals surface area contributed by atoms with Crippen LogP contribution in [0.3, 0.4) is 0 Å². The van der Waals surface area contributed by atoms with Crippen LogP contribution >= 0.6 is 15.9 Å². The Morgan fingerprint density at radius 2 is 1.89 bits per heavy atom. The first-order valence-electron chi connectivity index (χ1n) is 9.25. The van der Waals surface area contributed by atoms with Gasteiger partial charge in [-0.05, 0) is 89.3 Å². The Labute approximate surface area is 168 Å². The van der Waals surface area contributed by atoms with E-state index in [1.165, 1.54) is 22.4 Å². The zero-order valence-electron chi connectivity index (χ0n) is 16.1. The fraction of sp³-hybridized carbons (Fsp3) is 0.381. The maximum absolute atomic E-state index is 4.47. The normalized spacial score (nSPS) is 17.1. The van der Waals surface area contributed by atoms with Crippen molar-refractivity contribution in [2.75, 3.05) is 11.4 Å². The summed E-state index contributed by atoms with van der Waals surface area (Å²) in [6.45, 7) is 9.42. The Bertz CT molecular complexity index is 973. The number of nitrogens with zero attached hydrogens (tertiary/aromatic N) is 5. The molecule has 1 aliphatic rings. The van der Waals surface area contributed by atoms with Gasteiger partial charge in [0.1, 0.15) is 6.04 Å². The topological polar surface area (TPSA) is 46.8 Å². The molecule has 0 saturated carbocycles. The van der Waals surface area contributed by atoms with Gasteiger partial charge < -0.3 is 4.90 Å². The van der Waals surface area contributed by atoms with Crippen LogP contribution < -0.4 is 4.90 Å². The molecule has 0 spiro atoms. The van der Waals surface area contributed by atoms with Crippen LogP contribution in [0.4, 0.5) is 5.69 Å². The lowest BCUT2D eigenvalue weighted by Crippen LogP contribution is -2.39. The van der Waals surface area contributed by atoms with Crippen LogP contribution in [0, 0.1) is 6.92 Å². The van der Waals surface area contributed by atoms with Gasteiger partial charge in [0.05, 0.1) is 11.2 Å². The molecule has 1 unspecified atom stereocenters. The van der Waals surface area contributed by atoms with E-state index in [1.54, 1.807) is 0 Å². The Balaban J connectivity index is 1.91. The summed E-state index contributed by atoms with van der Waals surface area (Å²) in [4.78, 5) is 2.42. The number of aromatic nitrogens is 4. The largest absolute Gasteiger partial charge is 0.356 e. The second kappa shape index (κ2) is 6.75. The van der Waals surface area contributed by atoms with Gasteiger partial charge >= 0.3 is 0 Å². The fourth-order valence-corrected chi connectivity index (χ4v) is 4.51. The minimum absolute atomic E-state index is 0.0248. The molecular weight excluding hydrogens is 402 g/mol. The molecule has 0 saturated heterocycles. The first kappa shape index (κ1) is 18.2. The summed E-state index contributed by atoms with van der Waals surface area (Å²) >= 11 is 3.77. The third kappa shape index (κ3) is 3.27. The molecule has 2 aromatic carbocycles. The average Bonchev–Trinajstić information content (AvgIpc) is 3.11. The molecule has 5 nitrogen and oxygen atoms in total. The summed E-state index contributed by atoms with van der Waals surface area (Å²) in [7, 11) is 0. The monoisotopic (exact) mass is 425 g/mol. The van der Waals surface area contributed by atoms with Crippen LogP contribution in [0.25, 0.3) is 0 Å². The zero-order chi connectivity index (χ0) is 19.2. The van der Waals surface area contributed by atoms with E-state index in [4.69, 9.17) is 0 Å². The van der Waals surface area contributed by atoms with Crippen molar-refractivity contribution >= 4 is 21.6 Å². The fourth-order valence-electron chi connectivity index (χ4n) is 3.79. The van der Waals surface area contributed by atoms with Crippen molar-refractivity contribution in [2.45, 2.75) is 45.7 Å². The van der Waals surface area contributed by atoms with Crippen LogP contribution in [-0.4, -0.2) is 26.8 Å². The Morgan fingerprint density at radius 3 is 2.63 bits per heavy atom. The van der Waals surface area contributed by atoms with Crippen LogP contribution in [0.2, 0.25) is 0 Å². The second-order valence-corrected chi connectivity index (χ2v) is 8.97. The van der Waals surface area contributed by atoms with E-state index in [1.807, 2.05) is 4.68 Å². The highest BCUT2D eigenvalue weighted by atomic mass is 79.9. The number of hydrogen-bond acceptors (Lipinski definition) is 4. The highest BCUT2D eigenvalue weighted by Crippen LogP contribution is 2.41. The number of rotatable bonds is 2. The maximum atomic E-state index is 4.47. The molecule has 1 atom stereocenters. The van der Waals surface area contributed by atoms with Crippen molar-refractivity contribution < 1.29 is 0 Å². The molecule has 0 fully saturated rings. The SMILES string of the molecule is Cc1ccc(N2CCc3ccccc3C2c2nnnn2C(C)(C)C)c(Br)c1. The molecule has 2 heterocycles. The highest BCUT2D eigenvalue weighted by molar-refractivity contribution is 9.10. The van der Waals surface area contributed by atoms with Gasteiger partial charge in [-0.15, -0.1) is 5.10 Å². The van der Waals surface area contributed by atoms with Gasteiger partial charge in [0, 0.05) is 11.0 Å². The maximum Gasteiger partial charge on any atom is 0.178 e. The summed E-state index contributed by atoms with van der Waals surface area (Å²) in [5, 5.41) is 12.8. The summed E-state index contributed by atoms with van der Waals surface area (Å²) in [6, 6.07) is 15.1. The minimum Gasteiger partial charge on any atom is -0.356 e. The molecule has 0 N–H and O–H groups in total. The predicted molar refractivity (Wildman–Crippen MR) is 111 cm³/mol. The summed E-state index contributed by atoms with van der Waals surface area (Å²) in [6.07, 6.45) is 1.00. The number of hydrogen-bond donors (Lipinski definition) is 0. The molecule has 1 aliphatic heterocycles. The van der Waals surface area contributed by atoms with Gasteiger partial charge in [0.2, 0.25) is 0 Å². The zero-order valence-corrected chi connectivity index (χ0v) is 17.7. The van der Waals surface area contributed by atoms with Crippen molar-refractivity contribution in [1.29, 1.82) is 0 Å². The molecule has 0 radical (unpaired) electrons. The summed E-state index contributed by atoms with van der Waals surface area (Å²) < 4.78 is 3.05. The minimum atomic E-state index is -0.193. The van der Waals surface area contributed by atoms with Gasteiger partial charge in [-0.2, -0.15) is 0 Å². The van der Waals surface area contributed by atoms with Crippen molar-refractivity contribution in [3.8, 4) is 0 Å². The van der Waals surface area contributed by atoms with Crippen LogP contribution in [0.5, 0.6) is 0 Å². The lowest BCUT2D eigenvalue weighted by atomic mass is 9.91. The summed E-state index contributed by atoms with van der Waals surface area (Å²) in [5.41, 5.74) is 4.85. The average molecular weight is 426 g/mol. The van der Waals surface area contributed by atoms with E-state index >= 15 is 0 Å². The van der Waals surface area contributed by atoms with Crippen LogP contribution in [0.1, 0.15) is 49.3 Å². The smallest absolute Gasteiger partial charge is 0.178 e. The van der Waals surface area contributed by atoms with Crippen molar-refractivity contribution in [2.24, 2.45) is 0 Å². The van der Waals surface area contributed by atoms with Gasteiger partial charge in [0.25, 0.3) is 0 Å². The quantitative estimate of drug-likeness (QED) is 0.599. The number of fused-ring (bicyclic) bond motifs is 1. The summed E-state index contributed by atoms with van der Waals surface area (Å²) in [5.74, 6) is 0.877. The number of anilines is 1. The first-order valence-corrected chi connectivity index (χ1v) is 10.0. The Morgan fingerprint density at radius 1 is 1.11 bits per heavy atom. The molecule has 140 valence electrons. The lowest BCUT2D eigenvalue weighted by Gasteiger charge is -2.39. The van der Waals surface area contributed by atoms with E-state index in [-0.39, 0.29) is 11.6 Å². The van der Waals surface area contributed by atoms with E-state index < -0.39 is 0 Å². The van der Waals surface area contributed by atoms with Gasteiger partial charge in [-0.1, -0.05) is 30.3 Å². The predicted octanol–water partition coefficient (Wildman–Crippen LogP) is 4.65. The molecule has 27 heavy (non-hydrogen) atoms. The molecule has 1 aromatic heterocycles. The Kier molecular flexibility index (Phi) is 4.54. The molecule has 0 bridgehead atoms. The van der Waals surface area contributed by atoms with E-state index in [2.05, 4.69) is 107 Å². The standard InChI is InChI=1S/C21H24BrN5/c1-14-9-10-18(17(22)13-14)26-12-11-15-7-5-6-8-16(15)19(26)20-23-24-25-27(20)21(2,3)4/h5-10,13,19H,11-12H2,1-4H3. The second-order valence-electron chi connectivity index (χ2n) is 8.12. The number of benzene rings is 2. The van der Waals surface area contributed by atoms with Gasteiger partial charge in [-0.25, -0.2) is 4.68 Å². The van der Waals surface area contributed by atoms with E-state index in [0.29, 0.717) is 0 Å². The van der Waals surface area contributed by atoms with Crippen LogP contribution in [-0.2, 0) is 12.0 Å². The molecular formula is C21H24BrN5. The van der Waals surface area contributed by atoms with Crippen molar-refractivity contribution in [3.05, 3.63) is 69.5 Å². The molecule has 4 rings (SSSR count). The highest BCUT2D eigenvalue weighted by Gasteiger charge is 2.35. The Hall–Kier alpha value is -2.21. The van der Waals surface area contributed by atoms with E-state index in [0.717, 1.165) is 23.3 Å². The molecule has 6 heteroatoms. The lowest BCUT2D eigenvalue weighted by molar-refractivity contribution is 0.328. The number of tetrazole rings is 1. The number of aryl methyl sites for hydroxylation is 1. The third-order valence-corrected chi connectivity index (χ3v) is 5.70. The number of halogens is 1. The molecule has 0 amide bonds. The van der Waals surface area contributed by atoms with Gasteiger partial charge in [0.15, 0.2) is 5.82 Å². The van der Waals surface area contributed by atoms with Crippen LogP contribution in [0.15, 0.2) is 46.9 Å². The van der Waals surface area contributed by atoms with Crippen molar-refractivity contribution in [3.63, 3.8) is 0 Å². The third-order valence-electron chi connectivity index (χ3n) is 5.07. The van der Waals surface area contributed by atoms with Crippen molar-refractivity contribution in [1.82, 2.24) is 20.2 Å². The van der Waals surface area contributed by atoms with Gasteiger partial charge in [-0.3, -0.25) is 0 Å². The molecule has 3 aromatic rings.